The Morgan fingerprint density at radius 2 is 1.90 bits per heavy atom. The summed E-state index contributed by atoms with van der Waals surface area (Å²) in [6, 6.07) is 15.8. The fraction of sp³-hybridized carbons (Fsp3) is 0.318. The summed E-state index contributed by atoms with van der Waals surface area (Å²) in [7, 11) is 0. The first-order chi connectivity index (χ1) is 14.7. The third-order valence-corrected chi connectivity index (χ3v) is 4.62. The summed E-state index contributed by atoms with van der Waals surface area (Å²) in [6.45, 7) is 5.13. The molecule has 9 heteroatoms. The van der Waals surface area contributed by atoms with Gasteiger partial charge in [0.1, 0.15) is 17.5 Å². The Labute approximate surface area is 200 Å². The van der Waals surface area contributed by atoms with E-state index >= 15 is 0 Å². The van der Waals surface area contributed by atoms with Crippen LogP contribution in [0.5, 0.6) is 0 Å². The van der Waals surface area contributed by atoms with Crippen molar-refractivity contribution in [2.24, 2.45) is 4.99 Å². The lowest BCUT2D eigenvalue weighted by molar-refractivity contribution is 0.664. The number of hydrogen-bond donors (Lipinski definition) is 3. The van der Waals surface area contributed by atoms with Gasteiger partial charge in [0.05, 0.1) is 11.4 Å². The summed E-state index contributed by atoms with van der Waals surface area (Å²) < 4.78 is 3.75. The summed E-state index contributed by atoms with van der Waals surface area (Å²) in [6.07, 6.45) is 5.49. The van der Waals surface area contributed by atoms with Crippen molar-refractivity contribution in [1.82, 2.24) is 25.0 Å². The minimum Gasteiger partial charge on any atom is -0.382 e. The van der Waals surface area contributed by atoms with Crippen LogP contribution in [0.3, 0.4) is 0 Å². The van der Waals surface area contributed by atoms with Gasteiger partial charge in [-0.15, -0.1) is 24.0 Å². The Morgan fingerprint density at radius 1 is 1.16 bits per heavy atom. The fourth-order valence-corrected chi connectivity index (χ4v) is 3.14. The molecule has 0 spiro atoms. The smallest absolute Gasteiger partial charge is 0.191 e. The van der Waals surface area contributed by atoms with Crippen LogP contribution in [0.15, 0.2) is 59.9 Å². The van der Waals surface area contributed by atoms with Crippen molar-refractivity contribution in [3.05, 3.63) is 66.1 Å². The molecule has 0 unspecified atom stereocenters. The second kappa shape index (κ2) is 12.6. The van der Waals surface area contributed by atoms with Crippen molar-refractivity contribution in [3.63, 3.8) is 0 Å². The number of guanidine groups is 1. The van der Waals surface area contributed by atoms with E-state index in [9.17, 15) is 5.26 Å². The number of nitrogens with one attached hydrogen (secondary N) is 2. The zero-order valence-electron chi connectivity index (χ0n) is 17.7. The van der Waals surface area contributed by atoms with Gasteiger partial charge < -0.3 is 20.9 Å². The van der Waals surface area contributed by atoms with Gasteiger partial charge in [-0.05, 0) is 44.0 Å². The fourth-order valence-electron chi connectivity index (χ4n) is 3.14. The van der Waals surface area contributed by atoms with Gasteiger partial charge in [0.15, 0.2) is 5.96 Å². The Hall–Kier alpha value is -3.00. The number of nitrogen functional groups attached to an aromatic ring is 1. The van der Waals surface area contributed by atoms with Crippen LogP contribution in [-0.2, 0) is 13.0 Å². The van der Waals surface area contributed by atoms with Gasteiger partial charge in [-0.2, -0.15) is 10.4 Å². The molecule has 0 amide bonds. The summed E-state index contributed by atoms with van der Waals surface area (Å²) >= 11 is 0. The Morgan fingerprint density at radius 3 is 2.58 bits per heavy atom. The van der Waals surface area contributed by atoms with Gasteiger partial charge in [0.25, 0.3) is 0 Å². The van der Waals surface area contributed by atoms with Crippen molar-refractivity contribution in [3.8, 4) is 11.8 Å². The maximum Gasteiger partial charge on any atom is 0.191 e. The maximum absolute atomic E-state index is 9.52. The number of benzene rings is 1. The monoisotopic (exact) mass is 532 g/mol. The predicted octanol–water partition coefficient (Wildman–Crippen LogP) is 2.93. The van der Waals surface area contributed by atoms with E-state index in [0.29, 0.717) is 30.0 Å². The molecule has 3 aromatic rings. The lowest BCUT2D eigenvalue weighted by Crippen LogP contribution is -2.38. The summed E-state index contributed by atoms with van der Waals surface area (Å²) in [5.41, 5.74) is 8.16. The number of nitrogens with two attached hydrogens (primary N) is 1. The molecule has 31 heavy (non-hydrogen) atoms. The van der Waals surface area contributed by atoms with E-state index in [2.05, 4.69) is 31.4 Å². The molecule has 3 rings (SSSR count). The Kier molecular flexibility index (Phi) is 9.90. The molecule has 0 atom stereocenters. The number of para-hydroxylation sites is 1. The number of rotatable bonds is 9. The number of aliphatic imine (C=N–C) groups is 1. The van der Waals surface area contributed by atoms with Crippen molar-refractivity contribution < 1.29 is 0 Å². The van der Waals surface area contributed by atoms with Gasteiger partial charge in [-0.3, -0.25) is 4.99 Å². The van der Waals surface area contributed by atoms with Crippen LogP contribution in [0.4, 0.5) is 5.82 Å². The molecule has 0 bridgehead atoms. The molecular formula is C22H29IN8. The third kappa shape index (κ3) is 6.75. The van der Waals surface area contributed by atoms with Crippen LogP contribution in [0.25, 0.3) is 5.69 Å². The molecule has 2 aromatic heterocycles. The molecule has 2 heterocycles. The molecular weight excluding hydrogens is 503 g/mol. The lowest BCUT2D eigenvalue weighted by atomic mass is 10.1. The third-order valence-electron chi connectivity index (χ3n) is 4.62. The topological polar surface area (TPSA) is 109 Å². The number of anilines is 1. The minimum absolute atomic E-state index is 0. The largest absolute Gasteiger partial charge is 0.382 e. The van der Waals surface area contributed by atoms with Crippen LogP contribution in [-0.4, -0.2) is 39.9 Å². The van der Waals surface area contributed by atoms with Crippen LogP contribution in [0.2, 0.25) is 0 Å². The average molecular weight is 532 g/mol. The molecule has 0 aliphatic heterocycles. The van der Waals surface area contributed by atoms with Crippen molar-refractivity contribution in [2.75, 3.05) is 25.4 Å². The van der Waals surface area contributed by atoms with Crippen LogP contribution in [0.1, 0.15) is 24.6 Å². The molecule has 0 aliphatic rings. The molecule has 0 radical (unpaired) electrons. The molecule has 164 valence electrons. The summed E-state index contributed by atoms with van der Waals surface area (Å²) in [5.74, 6) is 1.17. The van der Waals surface area contributed by atoms with Gasteiger partial charge in [0, 0.05) is 38.6 Å². The summed E-state index contributed by atoms with van der Waals surface area (Å²) in [5, 5.41) is 20.7. The molecule has 0 aliphatic carbocycles. The lowest BCUT2D eigenvalue weighted by Gasteiger charge is -2.11. The van der Waals surface area contributed by atoms with Crippen molar-refractivity contribution in [2.45, 2.75) is 26.3 Å². The predicted molar refractivity (Wildman–Crippen MR) is 135 cm³/mol. The highest BCUT2D eigenvalue weighted by molar-refractivity contribution is 14.0. The van der Waals surface area contributed by atoms with E-state index in [-0.39, 0.29) is 24.0 Å². The minimum atomic E-state index is 0. The van der Waals surface area contributed by atoms with E-state index in [1.807, 2.05) is 61.8 Å². The Bertz CT molecular complexity index is 987. The first-order valence-corrected chi connectivity index (χ1v) is 10.2. The Balaban J connectivity index is 0.00000341. The van der Waals surface area contributed by atoms with E-state index in [0.717, 1.165) is 37.7 Å². The molecule has 4 N–H and O–H groups in total. The van der Waals surface area contributed by atoms with E-state index in [1.54, 1.807) is 4.68 Å². The molecule has 8 nitrogen and oxygen atoms in total. The number of aryl methyl sites for hydroxylation is 1. The molecule has 1 aromatic carbocycles. The van der Waals surface area contributed by atoms with Crippen LogP contribution in [0, 0.1) is 11.3 Å². The average Bonchev–Trinajstić information content (AvgIpc) is 3.39. The molecule has 0 saturated heterocycles. The van der Waals surface area contributed by atoms with Crippen LogP contribution < -0.4 is 16.4 Å². The highest BCUT2D eigenvalue weighted by Crippen LogP contribution is 2.21. The first kappa shape index (κ1) is 24.3. The van der Waals surface area contributed by atoms with Crippen LogP contribution >= 0.6 is 24.0 Å². The maximum atomic E-state index is 9.52. The second-order valence-electron chi connectivity index (χ2n) is 6.78. The van der Waals surface area contributed by atoms with Crippen molar-refractivity contribution >= 4 is 35.8 Å². The highest BCUT2D eigenvalue weighted by Gasteiger charge is 2.16. The zero-order chi connectivity index (χ0) is 21.2. The first-order valence-electron chi connectivity index (χ1n) is 10.2. The number of halogens is 1. The number of nitrogens with zero attached hydrogens (tertiary/aromatic N) is 5. The second-order valence-corrected chi connectivity index (χ2v) is 6.78. The number of nitriles is 1. The summed E-state index contributed by atoms with van der Waals surface area (Å²) in [4.78, 5) is 4.63. The normalized spacial score (nSPS) is 10.9. The molecule has 0 saturated carbocycles. The standard InChI is InChI=1S/C22H28N8.HI/c1-2-25-22(27-13-16-29-14-6-7-15-29)26-12-8-11-20-19(17-23)21(24)30(28-20)18-9-4-3-5-10-18;/h3-7,9-10,14-15H,2,8,11-13,16,24H2,1H3,(H2,25,26,27);1H. The van der Waals surface area contributed by atoms with Gasteiger partial charge >= 0.3 is 0 Å². The number of hydrogen-bond acceptors (Lipinski definition) is 4. The van der Waals surface area contributed by atoms with E-state index < -0.39 is 0 Å². The molecule has 0 fully saturated rings. The quantitative estimate of drug-likeness (QED) is 0.170. The van der Waals surface area contributed by atoms with Gasteiger partial charge in [-0.1, -0.05) is 18.2 Å². The van der Waals surface area contributed by atoms with Gasteiger partial charge in [-0.25, -0.2) is 4.68 Å². The van der Waals surface area contributed by atoms with Crippen molar-refractivity contribution in [1.29, 1.82) is 5.26 Å². The zero-order valence-corrected chi connectivity index (χ0v) is 20.0. The highest BCUT2D eigenvalue weighted by atomic mass is 127. The van der Waals surface area contributed by atoms with E-state index in [4.69, 9.17) is 5.73 Å². The van der Waals surface area contributed by atoms with Gasteiger partial charge in [0.2, 0.25) is 0 Å². The number of aromatic nitrogens is 3. The van der Waals surface area contributed by atoms with E-state index in [1.165, 1.54) is 0 Å². The SMILES string of the molecule is CCNC(=NCCCc1nn(-c2ccccc2)c(N)c1C#N)NCCn1cccc1.I.